The van der Waals surface area contributed by atoms with Crippen molar-refractivity contribution in [3.05, 3.63) is 53.1 Å². The molecule has 0 N–H and O–H groups in total. The Balaban J connectivity index is 1.75. The summed E-state index contributed by atoms with van der Waals surface area (Å²) in [6, 6.07) is 6.75. The number of hydrogen-bond acceptors (Lipinski definition) is 3. The van der Waals surface area contributed by atoms with E-state index < -0.39 is 0 Å². The van der Waals surface area contributed by atoms with Crippen LogP contribution in [0.4, 0.5) is 4.39 Å². The Morgan fingerprint density at radius 3 is 2.82 bits per heavy atom. The SMILES string of the molecule is CCOC[C@H]1CN(Cc2ccc(F)cc2)Cc2cn(C)nc21. The highest BCUT2D eigenvalue weighted by atomic mass is 19.1. The Morgan fingerprint density at radius 1 is 1.32 bits per heavy atom. The van der Waals surface area contributed by atoms with E-state index in [9.17, 15) is 4.39 Å². The van der Waals surface area contributed by atoms with Gasteiger partial charge in [0.15, 0.2) is 0 Å². The minimum Gasteiger partial charge on any atom is -0.381 e. The van der Waals surface area contributed by atoms with Gasteiger partial charge >= 0.3 is 0 Å². The lowest BCUT2D eigenvalue weighted by molar-refractivity contribution is 0.104. The van der Waals surface area contributed by atoms with Crippen LogP contribution in [0.5, 0.6) is 0 Å². The lowest BCUT2D eigenvalue weighted by Crippen LogP contribution is -2.34. The number of rotatable bonds is 5. The molecule has 4 nitrogen and oxygen atoms in total. The molecule has 0 spiro atoms. The molecule has 2 aromatic rings. The molecule has 0 saturated heterocycles. The molecular weight excluding hydrogens is 281 g/mol. The minimum atomic E-state index is -0.189. The molecule has 3 rings (SSSR count). The maximum atomic E-state index is 13.0. The average Bonchev–Trinajstić information content (AvgIpc) is 2.87. The van der Waals surface area contributed by atoms with Gasteiger partial charge < -0.3 is 4.74 Å². The summed E-state index contributed by atoms with van der Waals surface area (Å²) in [5.41, 5.74) is 3.55. The summed E-state index contributed by atoms with van der Waals surface area (Å²) >= 11 is 0. The van der Waals surface area contributed by atoms with Crippen molar-refractivity contribution >= 4 is 0 Å². The fourth-order valence-electron chi connectivity index (χ4n) is 3.08. The lowest BCUT2D eigenvalue weighted by atomic mass is 9.97. The van der Waals surface area contributed by atoms with E-state index in [-0.39, 0.29) is 5.82 Å². The molecule has 118 valence electrons. The van der Waals surface area contributed by atoms with Gasteiger partial charge in [0.2, 0.25) is 0 Å². The molecule has 0 radical (unpaired) electrons. The van der Waals surface area contributed by atoms with Gasteiger partial charge in [-0.2, -0.15) is 5.10 Å². The first-order chi connectivity index (χ1) is 10.7. The number of halogens is 1. The second kappa shape index (κ2) is 6.58. The zero-order chi connectivity index (χ0) is 15.5. The maximum Gasteiger partial charge on any atom is 0.123 e. The summed E-state index contributed by atoms with van der Waals surface area (Å²) in [6.07, 6.45) is 2.09. The Kier molecular flexibility index (Phi) is 4.55. The predicted molar refractivity (Wildman–Crippen MR) is 83.0 cm³/mol. The van der Waals surface area contributed by atoms with E-state index >= 15 is 0 Å². The van der Waals surface area contributed by atoms with Gasteiger partial charge in [-0.3, -0.25) is 9.58 Å². The largest absolute Gasteiger partial charge is 0.381 e. The molecule has 0 fully saturated rings. The third-order valence-electron chi connectivity index (χ3n) is 4.04. The van der Waals surface area contributed by atoms with Crippen molar-refractivity contribution in [1.82, 2.24) is 14.7 Å². The first kappa shape index (κ1) is 15.2. The zero-order valence-electron chi connectivity index (χ0n) is 13.1. The van der Waals surface area contributed by atoms with Crippen LogP contribution in [0.2, 0.25) is 0 Å². The van der Waals surface area contributed by atoms with Crippen LogP contribution in [0, 0.1) is 5.82 Å². The predicted octanol–water partition coefficient (Wildman–Crippen LogP) is 2.70. The van der Waals surface area contributed by atoms with E-state index in [1.165, 1.54) is 17.7 Å². The van der Waals surface area contributed by atoms with E-state index in [0.29, 0.717) is 12.5 Å². The molecule has 1 aliphatic rings. The first-order valence-corrected chi connectivity index (χ1v) is 7.72. The fraction of sp³-hybridized carbons (Fsp3) is 0.471. The minimum absolute atomic E-state index is 0.189. The van der Waals surface area contributed by atoms with Crippen molar-refractivity contribution < 1.29 is 9.13 Å². The van der Waals surface area contributed by atoms with Crippen LogP contribution in [0.3, 0.4) is 0 Å². The van der Waals surface area contributed by atoms with Gasteiger partial charge in [0.1, 0.15) is 5.82 Å². The summed E-state index contributed by atoms with van der Waals surface area (Å²) in [6.45, 7) is 6.04. The number of hydrogen-bond donors (Lipinski definition) is 0. The number of fused-ring (bicyclic) bond motifs is 1. The van der Waals surface area contributed by atoms with E-state index in [0.717, 1.165) is 37.5 Å². The van der Waals surface area contributed by atoms with Crippen LogP contribution in [0.25, 0.3) is 0 Å². The monoisotopic (exact) mass is 303 g/mol. The van der Waals surface area contributed by atoms with Crippen LogP contribution >= 0.6 is 0 Å². The second-order valence-electron chi connectivity index (χ2n) is 5.87. The summed E-state index contributed by atoms with van der Waals surface area (Å²) in [7, 11) is 1.96. The van der Waals surface area contributed by atoms with E-state index in [1.54, 1.807) is 0 Å². The molecule has 1 atom stereocenters. The summed E-state index contributed by atoms with van der Waals surface area (Å²) < 4.78 is 20.5. The molecule has 0 aliphatic carbocycles. The number of benzene rings is 1. The second-order valence-corrected chi connectivity index (χ2v) is 5.87. The summed E-state index contributed by atoms with van der Waals surface area (Å²) in [5, 5.41) is 4.60. The van der Waals surface area contributed by atoms with Crippen molar-refractivity contribution in [2.45, 2.75) is 25.9 Å². The smallest absolute Gasteiger partial charge is 0.123 e. The first-order valence-electron chi connectivity index (χ1n) is 7.72. The van der Waals surface area contributed by atoms with Gasteiger partial charge in [0.05, 0.1) is 12.3 Å². The Labute approximate surface area is 130 Å². The molecule has 0 unspecified atom stereocenters. The van der Waals surface area contributed by atoms with Gasteiger partial charge in [0, 0.05) is 51.0 Å². The van der Waals surface area contributed by atoms with Gasteiger partial charge in [-0.25, -0.2) is 4.39 Å². The van der Waals surface area contributed by atoms with Gasteiger partial charge in [-0.05, 0) is 24.6 Å². The molecule has 1 aromatic carbocycles. The third-order valence-corrected chi connectivity index (χ3v) is 4.04. The van der Waals surface area contributed by atoms with Crippen molar-refractivity contribution in [1.29, 1.82) is 0 Å². The Hall–Kier alpha value is -1.72. The van der Waals surface area contributed by atoms with Crippen LogP contribution in [0.1, 0.15) is 29.7 Å². The highest BCUT2D eigenvalue weighted by Crippen LogP contribution is 2.28. The van der Waals surface area contributed by atoms with Crippen LogP contribution in [-0.4, -0.2) is 34.4 Å². The zero-order valence-corrected chi connectivity index (χ0v) is 13.1. The summed E-state index contributed by atoms with van der Waals surface area (Å²) in [4.78, 5) is 2.38. The highest BCUT2D eigenvalue weighted by molar-refractivity contribution is 5.25. The maximum absolute atomic E-state index is 13.0. The number of ether oxygens (including phenoxy) is 1. The standard InChI is InChI=1S/C17H22FN3O/c1-3-22-12-15-11-21(8-13-4-6-16(18)7-5-13)10-14-9-20(2)19-17(14)15/h4-7,9,15H,3,8,10-12H2,1-2H3/t15-/m1/s1. The highest BCUT2D eigenvalue weighted by Gasteiger charge is 2.28. The van der Waals surface area contributed by atoms with Gasteiger partial charge in [-0.15, -0.1) is 0 Å². The van der Waals surface area contributed by atoms with Crippen molar-refractivity contribution in [3.63, 3.8) is 0 Å². The normalized spacial score (nSPS) is 18.4. The van der Waals surface area contributed by atoms with E-state index in [4.69, 9.17) is 4.74 Å². The molecular formula is C17H22FN3O. The third kappa shape index (κ3) is 3.36. The molecule has 2 heterocycles. The molecule has 0 saturated carbocycles. The lowest BCUT2D eigenvalue weighted by Gasteiger charge is -2.31. The van der Waals surface area contributed by atoms with E-state index in [2.05, 4.69) is 16.2 Å². The van der Waals surface area contributed by atoms with Crippen LogP contribution < -0.4 is 0 Å². The van der Waals surface area contributed by atoms with Crippen LogP contribution in [0.15, 0.2) is 30.5 Å². The molecule has 0 bridgehead atoms. The number of aromatic nitrogens is 2. The van der Waals surface area contributed by atoms with Crippen molar-refractivity contribution in [2.24, 2.45) is 7.05 Å². The van der Waals surface area contributed by atoms with Crippen molar-refractivity contribution in [3.8, 4) is 0 Å². The Morgan fingerprint density at radius 2 is 2.09 bits per heavy atom. The van der Waals surface area contributed by atoms with Crippen molar-refractivity contribution in [2.75, 3.05) is 19.8 Å². The molecule has 22 heavy (non-hydrogen) atoms. The Bertz CT molecular complexity index is 623. The molecule has 1 aliphatic heterocycles. The van der Waals surface area contributed by atoms with Crippen LogP contribution in [-0.2, 0) is 24.9 Å². The van der Waals surface area contributed by atoms with E-state index in [1.807, 2.05) is 30.8 Å². The molecule has 1 aromatic heterocycles. The summed E-state index contributed by atoms with van der Waals surface area (Å²) in [5.74, 6) is 0.108. The average molecular weight is 303 g/mol. The molecule has 0 amide bonds. The van der Waals surface area contributed by atoms with Gasteiger partial charge in [0.25, 0.3) is 0 Å². The fourth-order valence-corrected chi connectivity index (χ4v) is 3.08. The van der Waals surface area contributed by atoms with Gasteiger partial charge in [-0.1, -0.05) is 12.1 Å². The quantitative estimate of drug-likeness (QED) is 0.851. The number of aryl methyl sites for hydroxylation is 1. The topological polar surface area (TPSA) is 30.3 Å². The molecule has 5 heteroatoms. The number of nitrogens with zero attached hydrogens (tertiary/aromatic N) is 3.